The van der Waals surface area contributed by atoms with E-state index in [9.17, 15) is 4.79 Å². The molecule has 88 valence electrons. The SMILES string of the molecule is Cc1cc(C)cc(CC(=O)c2sccc2Br)c1. The normalized spacial score (nSPS) is 10.5. The minimum Gasteiger partial charge on any atom is -0.293 e. The number of Topliss-reactive ketones (excluding diaryl/α,β-unsaturated/α-hetero) is 1. The monoisotopic (exact) mass is 308 g/mol. The lowest BCUT2D eigenvalue weighted by molar-refractivity contribution is 0.0996. The van der Waals surface area contributed by atoms with E-state index in [1.165, 1.54) is 22.5 Å². The van der Waals surface area contributed by atoms with Crippen molar-refractivity contribution in [2.45, 2.75) is 20.3 Å². The summed E-state index contributed by atoms with van der Waals surface area (Å²) in [6, 6.07) is 8.19. The average Bonchev–Trinajstić information content (AvgIpc) is 2.62. The summed E-state index contributed by atoms with van der Waals surface area (Å²) in [5.41, 5.74) is 3.50. The van der Waals surface area contributed by atoms with Crippen molar-refractivity contribution in [1.29, 1.82) is 0 Å². The van der Waals surface area contributed by atoms with Crippen molar-refractivity contribution in [3.8, 4) is 0 Å². The van der Waals surface area contributed by atoms with E-state index >= 15 is 0 Å². The zero-order chi connectivity index (χ0) is 12.4. The number of ketones is 1. The zero-order valence-corrected chi connectivity index (χ0v) is 12.2. The minimum atomic E-state index is 0.178. The van der Waals surface area contributed by atoms with E-state index in [0.717, 1.165) is 14.9 Å². The van der Waals surface area contributed by atoms with Crippen LogP contribution in [-0.4, -0.2) is 5.78 Å². The molecule has 0 unspecified atom stereocenters. The fourth-order valence-corrected chi connectivity index (χ4v) is 3.46. The van der Waals surface area contributed by atoms with Crippen LogP contribution in [0, 0.1) is 13.8 Å². The first-order chi connectivity index (χ1) is 8.06. The largest absolute Gasteiger partial charge is 0.293 e. The Balaban J connectivity index is 2.21. The third-order valence-electron chi connectivity index (χ3n) is 2.52. The van der Waals surface area contributed by atoms with Crippen LogP contribution >= 0.6 is 27.3 Å². The molecule has 0 aliphatic rings. The molecule has 0 amide bonds. The highest BCUT2D eigenvalue weighted by Crippen LogP contribution is 2.24. The van der Waals surface area contributed by atoms with Crippen LogP contribution in [0.2, 0.25) is 0 Å². The highest BCUT2D eigenvalue weighted by molar-refractivity contribution is 9.10. The van der Waals surface area contributed by atoms with Crippen molar-refractivity contribution in [2.24, 2.45) is 0 Å². The molecule has 0 bridgehead atoms. The van der Waals surface area contributed by atoms with E-state index in [2.05, 4.69) is 48.0 Å². The van der Waals surface area contributed by atoms with Crippen LogP contribution < -0.4 is 0 Å². The van der Waals surface area contributed by atoms with Crippen molar-refractivity contribution in [3.05, 3.63) is 55.7 Å². The maximum absolute atomic E-state index is 12.1. The molecule has 0 N–H and O–H groups in total. The Hall–Kier alpha value is -0.930. The molecule has 0 aliphatic carbocycles. The van der Waals surface area contributed by atoms with Gasteiger partial charge in [-0.15, -0.1) is 11.3 Å². The summed E-state index contributed by atoms with van der Waals surface area (Å²) in [5, 5.41) is 1.93. The average molecular weight is 309 g/mol. The third kappa shape index (κ3) is 3.05. The predicted octanol–water partition coefficient (Wildman–Crippen LogP) is 4.55. The maximum Gasteiger partial charge on any atom is 0.178 e. The van der Waals surface area contributed by atoms with Crippen molar-refractivity contribution in [2.75, 3.05) is 0 Å². The van der Waals surface area contributed by atoms with Gasteiger partial charge >= 0.3 is 0 Å². The number of carbonyl (C=O) groups excluding carboxylic acids is 1. The highest BCUT2D eigenvalue weighted by Gasteiger charge is 2.12. The fourth-order valence-electron chi connectivity index (χ4n) is 1.93. The Morgan fingerprint density at radius 1 is 1.24 bits per heavy atom. The molecule has 1 aromatic heterocycles. The standard InChI is InChI=1S/C14H13BrOS/c1-9-5-10(2)7-11(6-9)8-13(16)14-12(15)3-4-17-14/h3-7H,8H2,1-2H3. The van der Waals surface area contributed by atoms with E-state index in [1.807, 2.05) is 11.4 Å². The molecule has 0 radical (unpaired) electrons. The zero-order valence-electron chi connectivity index (χ0n) is 9.79. The lowest BCUT2D eigenvalue weighted by Crippen LogP contribution is -2.02. The third-order valence-corrected chi connectivity index (χ3v) is 4.40. The second-order valence-electron chi connectivity index (χ2n) is 4.19. The summed E-state index contributed by atoms with van der Waals surface area (Å²) in [5.74, 6) is 0.178. The lowest BCUT2D eigenvalue weighted by atomic mass is 10.0. The van der Waals surface area contributed by atoms with E-state index in [0.29, 0.717) is 6.42 Å². The number of hydrogen-bond donors (Lipinski definition) is 0. The molecule has 17 heavy (non-hydrogen) atoms. The molecule has 1 heterocycles. The molecular formula is C14H13BrOS. The van der Waals surface area contributed by atoms with Crippen LogP contribution in [0.4, 0.5) is 0 Å². The molecule has 1 aromatic carbocycles. The molecule has 0 saturated heterocycles. The molecular weight excluding hydrogens is 296 g/mol. The number of rotatable bonds is 3. The van der Waals surface area contributed by atoms with Crippen LogP contribution in [0.25, 0.3) is 0 Å². The van der Waals surface area contributed by atoms with Crippen molar-refractivity contribution in [3.63, 3.8) is 0 Å². The Labute approximate surface area is 114 Å². The lowest BCUT2D eigenvalue weighted by Gasteiger charge is -2.04. The van der Waals surface area contributed by atoms with Gasteiger partial charge in [-0.1, -0.05) is 29.3 Å². The maximum atomic E-state index is 12.1. The number of carbonyl (C=O) groups is 1. The number of thiophene rings is 1. The second kappa shape index (κ2) is 5.15. The van der Waals surface area contributed by atoms with Crippen molar-refractivity contribution >= 4 is 33.0 Å². The number of halogens is 1. The van der Waals surface area contributed by atoms with Crippen LogP contribution in [-0.2, 0) is 6.42 Å². The van der Waals surface area contributed by atoms with Crippen LogP contribution in [0.1, 0.15) is 26.4 Å². The summed E-state index contributed by atoms with van der Waals surface area (Å²) < 4.78 is 0.900. The molecule has 0 aliphatic heterocycles. The predicted molar refractivity (Wildman–Crippen MR) is 76.0 cm³/mol. The highest BCUT2D eigenvalue weighted by atomic mass is 79.9. The van der Waals surface area contributed by atoms with Crippen molar-refractivity contribution in [1.82, 2.24) is 0 Å². The summed E-state index contributed by atoms with van der Waals surface area (Å²) in [6.45, 7) is 4.12. The van der Waals surface area contributed by atoms with E-state index < -0.39 is 0 Å². The van der Waals surface area contributed by atoms with Gasteiger partial charge in [0.1, 0.15) is 0 Å². The second-order valence-corrected chi connectivity index (χ2v) is 5.96. The van der Waals surface area contributed by atoms with Gasteiger partial charge in [0.25, 0.3) is 0 Å². The summed E-state index contributed by atoms with van der Waals surface area (Å²) in [4.78, 5) is 12.9. The summed E-state index contributed by atoms with van der Waals surface area (Å²) in [7, 11) is 0. The smallest absolute Gasteiger partial charge is 0.178 e. The number of aryl methyl sites for hydroxylation is 2. The van der Waals surface area contributed by atoms with Crippen LogP contribution in [0.15, 0.2) is 34.1 Å². The minimum absolute atomic E-state index is 0.178. The topological polar surface area (TPSA) is 17.1 Å². The summed E-state index contributed by atoms with van der Waals surface area (Å²) in [6.07, 6.45) is 0.474. The molecule has 2 aromatic rings. The van der Waals surface area contributed by atoms with Gasteiger partial charge in [-0.3, -0.25) is 4.79 Å². The quantitative estimate of drug-likeness (QED) is 0.760. The first-order valence-electron chi connectivity index (χ1n) is 5.39. The fraction of sp³-hybridized carbons (Fsp3) is 0.214. The van der Waals surface area contributed by atoms with Gasteiger partial charge in [-0.2, -0.15) is 0 Å². The Bertz CT molecular complexity index is 537. The van der Waals surface area contributed by atoms with Crippen LogP contribution in [0.5, 0.6) is 0 Å². The van der Waals surface area contributed by atoms with Crippen LogP contribution in [0.3, 0.4) is 0 Å². The van der Waals surface area contributed by atoms with Gasteiger partial charge in [-0.05, 0) is 46.8 Å². The molecule has 1 nitrogen and oxygen atoms in total. The molecule has 2 rings (SSSR count). The van der Waals surface area contributed by atoms with E-state index in [4.69, 9.17) is 0 Å². The molecule has 0 spiro atoms. The van der Waals surface area contributed by atoms with E-state index in [-0.39, 0.29) is 5.78 Å². The molecule has 0 saturated carbocycles. The van der Waals surface area contributed by atoms with Gasteiger partial charge in [0.15, 0.2) is 5.78 Å². The van der Waals surface area contributed by atoms with Gasteiger partial charge < -0.3 is 0 Å². The first kappa shape index (κ1) is 12.5. The van der Waals surface area contributed by atoms with Gasteiger partial charge in [0, 0.05) is 10.9 Å². The van der Waals surface area contributed by atoms with Gasteiger partial charge in [0.2, 0.25) is 0 Å². The molecule has 0 fully saturated rings. The van der Waals surface area contributed by atoms with Gasteiger partial charge in [-0.25, -0.2) is 0 Å². The summed E-state index contributed by atoms with van der Waals surface area (Å²) >= 11 is 4.89. The number of benzene rings is 1. The molecule has 0 atom stereocenters. The van der Waals surface area contributed by atoms with Gasteiger partial charge in [0.05, 0.1) is 4.88 Å². The van der Waals surface area contributed by atoms with E-state index in [1.54, 1.807) is 0 Å². The number of hydrogen-bond acceptors (Lipinski definition) is 2. The Morgan fingerprint density at radius 2 is 1.88 bits per heavy atom. The Morgan fingerprint density at radius 3 is 2.41 bits per heavy atom. The first-order valence-corrected chi connectivity index (χ1v) is 7.07. The Kier molecular flexibility index (Phi) is 3.79. The van der Waals surface area contributed by atoms with Crippen molar-refractivity contribution < 1.29 is 4.79 Å². The molecule has 3 heteroatoms.